The molecule has 0 aromatic heterocycles. The van der Waals surface area contributed by atoms with Crippen molar-refractivity contribution in [1.29, 1.82) is 0 Å². The van der Waals surface area contributed by atoms with Gasteiger partial charge in [-0.15, -0.1) is 0 Å². The molecule has 6 nitrogen and oxygen atoms in total. The van der Waals surface area contributed by atoms with Gasteiger partial charge in [-0.05, 0) is 48.5 Å². The van der Waals surface area contributed by atoms with E-state index in [1.54, 1.807) is 87.0 Å². The molecule has 3 rings (SSSR count). The van der Waals surface area contributed by atoms with E-state index in [9.17, 15) is 9.59 Å². The van der Waals surface area contributed by atoms with Gasteiger partial charge < -0.3 is 20.1 Å². The molecule has 0 saturated heterocycles. The lowest BCUT2D eigenvalue weighted by Crippen LogP contribution is -2.46. The van der Waals surface area contributed by atoms with Gasteiger partial charge in [-0.25, -0.2) is 0 Å². The van der Waals surface area contributed by atoms with E-state index in [0.29, 0.717) is 28.3 Å². The van der Waals surface area contributed by atoms with Crippen molar-refractivity contribution < 1.29 is 19.1 Å². The number of rotatable bonds is 8. The van der Waals surface area contributed by atoms with Crippen LogP contribution < -0.4 is 20.1 Å². The fourth-order valence-corrected chi connectivity index (χ4v) is 2.75. The molecule has 6 heteroatoms. The fraction of sp³-hybridized carbons (Fsp3) is 0.130. The van der Waals surface area contributed by atoms with Crippen LogP contribution in [0.2, 0.25) is 0 Å². The summed E-state index contributed by atoms with van der Waals surface area (Å²) < 4.78 is 10.3. The number of ether oxygens (including phenoxy) is 2. The van der Waals surface area contributed by atoms with Gasteiger partial charge in [0.1, 0.15) is 11.5 Å². The number of hydrogen-bond acceptors (Lipinski definition) is 5. The minimum absolute atomic E-state index is 0.247. The molecule has 0 aliphatic heterocycles. The Morgan fingerprint density at radius 3 is 1.83 bits per heavy atom. The molecule has 0 aliphatic carbocycles. The normalized spacial score (nSPS) is 11.2. The van der Waals surface area contributed by atoms with Gasteiger partial charge in [0, 0.05) is 16.8 Å². The topological polar surface area (TPSA) is 76.7 Å². The molecule has 0 heterocycles. The predicted molar refractivity (Wildman–Crippen MR) is 112 cm³/mol. The molecule has 2 N–H and O–H groups in total. The zero-order valence-corrected chi connectivity index (χ0v) is 16.2. The zero-order chi connectivity index (χ0) is 20.6. The molecule has 3 aromatic carbocycles. The summed E-state index contributed by atoms with van der Waals surface area (Å²) in [5, 5.41) is 5.86. The Labute approximate surface area is 169 Å². The molecule has 0 saturated carbocycles. The van der Waals surface area contributed by atoms with Crippen molar-refractivity contribution in [2.75, 3.05) is 19.5 Å². The number of Topliss-reactive ketones (excluding diaryl/α,β-unsaturated/α-hetero) is 1. The Balaban J connectivity index is 1.82. The molecule has 0 aliphatic rings. The maximum Gasteiger partial charge on any atom is 0.253 e. The van der Waals surface area contributed by atoms with Crippen LogP contribution in [0.3, 0.4) is 0 Å². The molecule has 0 spiro atoms. The molecule has 0 fully saturated rings. The minimum Gasteiger partial charge on any atom is -0.497 e. The quantitative estimate of drug-likeness (QED) is 0.452. The van der Waals surface area contributed by atoms with Crippen LogP contribution in [-0.4, -0.2) is 32.1 Å². The van der Waals surface area contributed by atoms with E-state index in [2.05, 4.69) is 10.6 Å². The highest BCUT2D eigenvalue weighted by Gasteiger charge is 2.22. The van der Waals surface area contributed by atoms with E-state index in [1.807, 2.05) is 6.07 Å². The summed E-state index contributed by atoms with van der Waals surface area (Å²) in [4.78, 5) is 25.7. The highest BCUT2D eigenvalue weighted by atomic mass is 16.5. The number of amides is 1. The van der Waals surface area contributed by atoms with Gasteiger partial charge in [0.15, 0.2) is 6.17 Å². The Kier molecular flexibility index (Phi) is 6.47. The standard InChI is InChI=1S/C23H22N2O4/c1-28-19-12-8-17(9-13-19)23(27)25-22(21(26)16-6-4-3-5-7-16)24-18-10-14-20(29-2)15-11-18/h3-15,22,24H,1-2H3,(H,25,27). The second-order valence-corrected chi connectivity index (χ2v) is 6.24. The monoisotopic (exact) mass is 390 g/mol. The van der Waals surface area contributed by atoms with Gasteiger partial charge >= 0.3 is 0 Å². The average Bonchev–Trinajstić information content (AvgIpc) is 2.79. The molecule has 3 aromatic rings. The predicted octanol–water partition coefficient (Wildman–Crippen LogP) is 3.75. The lowest BCUT2D eigenvalue weighted by Gasteiger charge is -2.21. The van der Waals surface area contributed by atoms with Crippen LogP contribution in [0.4, 0.5) is 5.69 Å². The summed E-state index contributed by atoms with van der Waals surface area (Å²) in [6.07, 6.45) is -0.944. The van der Waals surface area contributed by atoms with E-state index in [0.717, 1.165) is 0 Å². The number of carbonyl (C=O) groups excluding carboxylic acids is 2. The SMILES string of the molecule is COc1ccc(NC(NC(=O)c2ccc(OC)cc2)C(=O)c2ccccc2)cc1. The van der Waals surface area contributed by atoms with Crippen LogP contribution in [-0.2, 0) is 0 Å². The van der Waals surface area contributed by atoms with Crippen LogP contribution in [0.5, 0.6) is 11.5 Å². The molecule has 1 atom stereocenters. The second kappa shape index (κ2) is 9.41. The van der Waals surface area contributed by atoms with Gasteiger partial charge in [0.2, 0.25) is 5.78 Å². The number of anilines is 1. The number of methoxy groups -OCH3 is 2. The molecule has 29 heavy (non-hydrogen) atoms. The van der Waals surface area contributed by atoms with E-state index < -0.39 is 6.17 Å². The van der Waals surface area contributed by atoms with Gasteiger partial charge in [0.05, 0.1) is 14.2 Å². The minimum atomic E-state index is -0.944. The van der Waals surface area contributed by atoms with E-state index in [4.69, 9.17) is 9.47 Å². The maximum atomic E-state index is 13.0. The molecule has 0 bridgehead atoms. The van der Waals surface area contributed by atoms with E-state index in [-0.39, 0.29) is 11.7 Å². The van der Waals surface area contributed by atoms with Crippen molar-refractivity contribution in [3.8, 4) is 11.5 Å². The molecular formula is C23H22N2O4. The zero-order valence-electron chi connectivity index (χ0n) is 16.2. The number of nitrogens with one attached hydrogen (secondary N) is 2. The van der Waals surface area contributed by atoms with Crippen molar-refractivity contribution >= 4 is 17.4 Å². The van der Waals surface area contributed by atoms with Crippen LogP contribution >= 0.6 is 0 Å². The third-order valence-electron chi connectivity index (χ3n) is 4.35. The van der Waals surface area contributed by atoms with Crippen LogP contribution in [0, 0.1) is 0 Å². The number of benzene rings is 3. The maximum absolute atomic E-state index is 13.0. The average molecular weight is 390 g/mol. The summed E-state index contributed by atoms with van der Waals surface area (Å²) in [6.45, 7) is 0. The third-order valence-corrected chi connectivity index (χ3v) is 4.35. The highest BCUT2D eigenvalue weighted by Crippen LogP contribution is 2.17. The summed E-state index contributed by atoms with van der Waals surface area (Å²) in [6, 6.07) is 22.6. The Morgan fingerprint density at radius 2 is 1.28 bits per heavy atom. The third kappa shape index (κ3) is 5.13. The van der Waals surface area contributed by atoms with Crippen LogP contribution in [0.1, 0.15) is 20.7 Å². The molecule has 1 unspecified atom stereocenters. The largest absolute Gasteiger partial charge is 0.497 e. The first-order valence-corrected chi connectivity index (χ1v) is 9.05. The summed E-state index contributed by atoms with van der Waals surface area (Å²) in [5.74, 6) is 0.727. The Hall–Kier alpha value is -3.80. The van der Waals surface area contributed by atoms with E-state index in [1.165, 1.54) is 0 Å². The summed E-state index contributed by atoms with van der Waals surface area (Å²) in [5.41, 5.74) is 1.59. The van der Waals surface area contributed by atoms with Crippen LogP contribution in [0.25, 0.3) is 0 Å². The summed E-state index contributed by atoms with van der Waals surface area (Å²) >= 11 is 0. The lowest BCUT2D eigenvalue weighted by atomic mass is 10.1. The van der Waals surface area contributed by atoms with Crippen molar-refractivity contribution in [1.82, 2.24) is 5.32 Å². The van der Waals surface area contributed by atoms with Crippen molar-refractivity contribution in [3.05, 3.63) is 90.0 Å². The Bertz CT molecular complexity index is 954. The first kappa shape index (κ1) is 19.9. The van der Waals surface area contributed by atoms with Crippen LogP contribution in [0.15, 0.2) is 78.9 Å². The Morgan fingerprint density at radius 1 is 0.724 bits per heavy atom. The van der Waals surface area contributed by atoms with Crippen molar-refractivity contribution in [2.45, 2.75) is 6.17 Å². The molecular weight excluding hydrogens is 368 g/mol. The van der Waals surface area contributed by atoms with Gasteiger partial charge in [-0.1, -0.05) is 30.3 Å². The molecule has 148 valence electrons. The highest BCUT2D eigenvalue weighted by molar-refractivity contribution is 6.05. The smallest absolute Gasteiger partial charge is 0.253 e. The molecule has 1 amide bonds. The van der Waals surface area contributed by atoms with Crippen molar-refractivity contribution in [2.24, 2.45) is 0 Å². The van der Waals surface area contributed by atoms with Crippen molar-refractivity contribution in [3.63, 3.8) is 0 Å². The lowest BCUT2D eigenvalue weighted by molar-refractivity contribution is 0.0869. The van der Waals surface area contributed by atoms with E-state index >= 15 is 0 Å². The number of ketones is 1. The molecule has 0 radical (unpaired) electrons. The van der Waals surface area contributed by atoms with Gasteiger partial charge in [0.25, 0.3) is 5.91 Å². The second-order valence-electron chi connectivity index (χ2n) is 6.24. The first-order chi connectivity index (χ1) is 14.1. The van der Waals surface area contributed by atoms with Gasteiger partial charge in [-0.2, -0.15) is 0 Å². The fourth-order valence-electron chi connectivity index (χ4n) is 2.75. The van der Waals surface area contributed by atoms with Gasteiger partial charge in [-0.3, -0.25) is 9.59 Å². The first-order valence-electron chi connectivity index (χ1n) is 9.05. The summed E-state index contributed by atoms with van der Waals surface area (Å²) in [7, 11) is 3.14. The number of hydrogen-bond donors (Lipinski definition) is 2. The number of carbonyl (C=O) groups is 2.